The highest BCUT2D eigenvalue weighted by Gasteiger charge is 2.34. The molecule has 10 nitrogen and oxygen atoms in total. The summed E-state index contributed by atoms with van der Waals surface area (Å²) >= 11 is 0. The highest BCUT2D eigenvalue weighted by Crippen LogP contribution is 2.27. The van der Waals surface area contributed by atoms with Crippen molar-refractivity contribution in [1.29, 1.82) is 0 Å². The summed E-state index contributed by atoms with van der Waals surface area (Å²) in [5.41, 5.74) is 1.18. The second-order valence-corrected chi connectivity index (χ2v) is 13.8. The van der Waals surface area contributed by atoms with Gasteiger partial charge in [-0.25, -0.2) is 9.59 Å². The minimum atomic E-state index is -0.496. The van der Waals surface area contributed by atoms with Gasteiger partial charge in [0.1, 0.15) is 23.0 Å². The Kier molecular flexibility index (Phi) is 14.1. The minimum Gasteiger partial charge on any atom is -0.494 e. The summed E-state index contributed by atoms with van der Waals surface area (Å²) in [6, 6.07) is 20.1. The Balaban J connectivity index is 0.924. The number of ether oxygens (including phenoxy) is 8. The third-order valence-electron chi connectivity index (χ3n) is 8.53. The van der Waals surface area contributed by atoms with Gasteiger partial charge in [-0.05, 0) is 111 Å². The molecule has 0 amide bonds. The van der Waals surface area contributed by atoms with Crippen LogP contribution in [0.4, 0.5) is 0 Å². The van der Waals surface area contributed by atoms with Gasteiger partial charge in [0.15, 0.2) is 0 Å². The molecule has 0 N–H and O–H groups in total. The molecular weight excluding hydrogens is 640 g/mol. The fourth-order valence-corrected chi connectivity index (χ4v) is 5.33. The molecule has 2 heterocycles. The van der Waals surface area contributed by atoms with Crippen LogP contribution in [0.25, 0.3) is 0 Å². The van der Waals surface area contributed by atoms with Gasteiger partial charge in [-0.15, -0.1) is 0 Å². The van der Waals surface area contributed by atoms with Crippen molar-refractivity contribution in [3.8, 4) is 23.0 Å². The first-order chi connectivity index (χ1) is 24.3. The number of carbonyl (C=O) groups excluding carboxylic acids is 2. The Labute approximate surface area is 295 Å². The van der Waals surface area contributed by atoms with Gasteiger partial charge in [0.25, 0.3) is 0 Å². The topological polar surface area (TPSA) is 108 Å². The van der Waals surface area contributed by atoms with Crippen molar-refractivity contribution in [2.24, 2.45) is 10.8 Å². The van der Waals surface area contributed by atoms with E-state index >= 15 is 0 Å². The van der Waals surface area contributed by atoms with Crippen LogP contribution in [0.15, 0.2) is 72.8 Å². The van der Waals surface area contributed by atoms with Crippen LogP contribution < -0.4 is 18.9 Å². The number of rotatable bonds is 22. The Bertz CT molecular complexity index is 1350. The van der Waals surface area contributed by atoms with Crippen LogP contribution in [0.3, 0.4) is 0 Å². The Morgan fingerprint density at radius 1 is 0.500 bits per heavy atom. The van der Waals surface area contributed by atoms with E-state index in [1.54, 1.807) is 72.8 Å². The molecule has 2 fully saturated rings. The molecule has 2 saturated heterocycles. The van der Waals surface area contributed by atoms with Crippen LogP contribution in [-0.2, 0) is 18.9 Å². The van der Waals surface area contributed by atoms with Gasteiger partial charge in [-0.2, -0.15) is 0 Å². The van der Waals surface area contributed by atoms with E-state index in [1.165, 1.54) is 0 Å². The van der Waals surface area contributed by atoms with E-state index in [9.17, 15) is 9.59 Å². The second-order valence-electron chi connectivity index (χ2n) is 13.8. The molecule has 0 bridgehead atoms. The smallest absolute Gasteiger partial charge is 0.343 e. The first kappa shape index (κ1) is 37.3. The van der Waals surface area contributed by atoms with Crippen molar-refractivity contribution in [3.05, 3.63) is 83.9 Å². The maximum absolute atomic E-state index is 12.7. The lowest BCUT2D eigenvalue weighted by Gasteiger charge is -2.37. The van der Waals surface area contributed by atoms with Crippen LogP contribution in [0.2, 0.25) is 0 Å². The molecule has 10 heteroatoms. The number of hydrogen-bond acceptors (Lipinski definition) is 10. The predicted molar refractivity (Wildman–Crippen MR) is 187 cm³/mol. The van der Waals surface area contributed by atoms with Crippen molar-refractivity contribution in [1.82, 2.24) is 0 Å². The Morgan fingerprint density at radius 2 is 0.840 bits per heavy atom. The van der Waals surface area contributed by atoms with E-state index in [1.807, 2.05) is 0 Å². The molecule has 0 saturated carbocycles. The molecule has 0 radical (unpaired) electrons. The molecule has 2 aliphatic heterocycles. The van der Waals surface area contributed by atoms with E-state index in [0.717, 1.165) is 91.4 Å². The van der Waals surface area contributed by atoms with Crippen LogP contribution >= 0.6 is 0 Å². The van der Waals surface area contributed by atoms with E-state index < -0.39 is 11.9 Å². The summed E-state index contributed by atoms with van der Waals surface area (Å²) in [5.74, 6) is 1.07. The van der Waals surface area contributed by atoms with Gasteiger partial charge in [-0.1, -0.05) is 13.8 Å². The van der Waals surface area contributed by atoms with Gasteiger partial charge in [0.2, 0.25) is 0 Å². The molecule has 3 aromatic carbocycles. The fraction of sp³-hybridized carbons (Fsp3) is 0.500. The van der Waals surface area contributed by atoms with Crippen LogP contribution in [0.1, 0.15) is 73.1 Å². The lowest BCUT2D eigenvalue weighted by Crippen LogP contribution is -2.43. The first-order valence-electron chi connectivity index (χ1n) is 17.6. The molecule has 5 rings (SSSR count). The van der Waals surface area contributed by atoms with Gasteiger partial charge >= 0.3 is 11.9 Å². The van der Waals surface area contributed by atoms with E-state index in [2.05, 4.69) is 13.8 Å². The number of carbonyl (C=O) groups is 2. The molecule has 270 valence electrons. The number of hydrogen-bond donors (Lipinski definition) is 0. The van der Waals surface area contributed by atoms with Crippen molar-refractivity contribution in [3.63, 3.8) is 0 Å². The average molecular weight is 691 g/mol. The summed E-state index contributed by atoms with van der Waals surface area (Å²) < 4.78 is 44.6. The number of esters is 2. The lowest BCUT2D eigenvalue weighted by atomic mass is 9.90. The molecule has 0 unspecified atom stereocenters. The van der Waals surface area contributed by atoms with E-state index in [4.69, 9.17) is 37.9 Å². The monoisotopic (exact) mass is 690 g/mol. The fourth-order valence-electron chi connectivity index (χ4n) is 5.33. The maximum atomic E-state index is 12.7. The van der Waals surface area contributed by atoms with Crippen molar-refractivity contribution < 1.29 is 47.5 Å². The zero-order chi connectivity index (χ0) is 35.1. The van der Waals surface area contributed by atoms with Crippen LogP contribution in [0, 0.1) is 10.8 Å². The summed E-state index contributed by atoms with van der Waals surface area (Å²) in [6.45, 7) is 11.7. The Hall–Kier alpha value is -3.96. The van der Waals surface area contributed by atoms with Gasteiger partial charge in [-0.3, -0.25) is 0 Å². The third-order valence-corrected chi connectivity index (χ3v) is 8.53. The average Bonchev–Trinajstić information content (AvgIpc) is 3.10. The molecule has 50 heavy (non-hydrogen) atoms. The molecule has 0 aliphatic carbocycles. The summed E-state index contributed by atoms with van der Waals surface area (Å²) in [5, 5.41) is 0. The highest BCUT2D eigenvalue weighted by atomic mass is 16.5. The van der Waals surface area contributed by atoms with Gasteiger partial charge < -0.3 is 37.9 Å². The third kappa shape index (κ3) is 12.1. The second kappa shape index (κ2) is 18.9. The molecule has 2 aliphatic rings. The van der Waals surface area contributed by atoms with Gasteiger partial charge in [0, 0.05) is 24.0 Å². The SMILES string of the molecule is CC1(COCCCCCOc2ccc(C(=O)Oc3ccc(OC(=O)c4ccc(OCCCCCOCC5(C)COC5)cc4)cc3)cc2)COC1. The van der Waals surface area contributed by atoms with Gasteiger partial charge in [0.05, 0.1) is 64.0 Å². The van der Waals surface area contributed by atoms with Crippen LogP contribution in [0.5, 0.6) is 23.0 Å². The molecular formula is C40H50O10. The highest BCUT2D eigenvalue weighted by molar-refractivity contribution is 5.92. The Morgan fingerprint density at radius 3 is 1.18 bits per heavy atom. The van der Waals surface area contributed by atoms with Crippen LogP contribution in [-0.4, -0.2) is 78.0 Å². The van der Waals surface area contributed by atoms with E-state index in [-0.39, 0.29) is 10.8 Å². The summed E-state index contributed by atoms with van der Waals surface area (Å²) in [7, 11) is 0. The first-order valence-corrected chi connectivity index (χ1v) is 17.6. The van der Waals surface area contributed by atoms with E-state index in [0.29, 0.717) is 47.3 Å². The summed E-state index contributed by atoms with van der Waals surface area (Å²) in [4.78, 5) is 25.3. The zero-order valence-corrected chi connectivity index (χ0v) is 29.3. The molecule has 0 spiro atoms. The molecule has 0 atom stereocenters. The van der Waals surface area contributed by atoms with Crippen molar-refractivity contribution >= 4 is 11.9 Å². The number of unbranched alkanes of at least 4 members (excludes halogenated alkanes) is 4. The predicted octanol–water partition coefficient (Wildman–Crippen LogP) is 7.33. The van der Waals surface area contributed by atoms with Crippen molar-refractivity contribution in [2.45, 2.75) is 52.4 Å². The quantitative estimate of drug-likeness (QED) is 0.0604. The zero-order valence-electron chi connectivity index (χ0n) is 29.3. The molecule has 3 aromatic rings. The maximum Gasteiger partial charge on any atom is 0.343 e. The number of benzene rings is 3. The van der Waals surface area contributed by atoms with Crippen molar-refractivity contribution in [2.75, 3.05) is 66.1 Å². The lowest BCUT2D eigenvalue weighted by molar-refractivity contribution is -0.138. The normalized spacial score (nSPS) is 15.7. The standard InChI is InChI=1S/C40H50O10/c1-39(27-45-28-39)25-43-21-5-3-7-23-47-33-13-9-31(10-14-33)37(41)49-35-17-19-36(20-18-35)50-38(42)32-11-15-34(16-12-32)48-24-8-4-6-22-44-26-40(2)29-46-30-40/h9-20H,3-8,21-30H2,1-2H3. The summed E-state index contributed by atoms with van der Waals surface area (Å²) in [6.07, 6.45) is 5.88. The minimum absolute atomic E-state index is 0.190. The largest absolute Gasteiger partial charge is 0.494 e. The molecule has 0 aromatic heterocycles.